The number of hydrogen-bond donors (Lipinski definition) is 2. The van der Waals surface area contributed by atoms with E-state index in [-0.39, 0.29) is 5.82 Å². The predicted molar refractivity (Wildman–Crippen MR) is 78.7 cm³/mol. The number of rotatable bonds is 3. The van der Waals surface area contributed by atoms with Crippen LogP contribution in [0.1, 0.15) is 31.2 Å². The molecule has 1 aromatic rings. The molecule has 1 aliphatic carbocycles. The number of nitrogen functional groups attached to an aromatic ring is 1. The number of aryl methyl sites for hydroxylation is 1. The van der Waals surface area contributed by atoms with E-state index in [0.29, 0.717) is 17.3 Å². The molecule has 2 nitrogen and oxygen atoms in total. The fourth-order valence-corrected chi connectivity index (χ4v) is 3.23. The Labute approximate surface area is 113 Å². The molecule has 0 saturated heterocycles. The second-order valence-electron chi connectivity index (χ2n) is 5.04. The lowest BCUT2D eigenvalue weighted by molar-refractivity contribution is 0.473. The highest BCUT2D eigenvalue weighted by atomic mass is 32.2. The third-order valence-corrected chi connectivity index (χ3v) is 4.84. The molecule has 0 unspecified atom stereocenters. The van der Waals surface area contributed by atoms with Crippen LogP contribution < -0.4 is 11.1 Å². The smallest absolute Gasteiger partial charge is 0.128 e. The van der Waals surface area contributed by atoms with Gasteiger partial charge in [-0.3, -0.25) is 0 Å². The largest absolute Gasteiger partial charge is 0.397 e. The van der Waals surface area contributed by atoms with Crippen molar-refractivity contribution in [1.82, 2.24) is 0 Å². The monoisotopic (exact) mass is 268 g/mol. The van der Waals surface area contributed by atoms with Gasteiger partial charge < -0.3 is 11.1 Å². The van der Waals surface area contributed by atoms with E-state index in [2.05, 4.69) is 11.6 Å². The molecule has 0 amide bonds. The third-order valence-electron chi connectivity index (χ3n) is 3.70. The number of nitrogens with two attached hydrogens (primary N) is 1. The van der Waals surface area contributed by atoms with E-state index in [9.17, 15) is 4.39 Å². The van der Waals surface area contributed by atoms with E-state index < -0.39 is 0 Å². The molecule has 0 radical (unpaired) electrons. The molecular weight excluding hydrogens is 247 g/mol. The van der Waals surface area contributed by atoms with Crippen LogP contribution in [0.2, 0.25) is 0 Å². The second-order valence-corrected chi connectivity index (χ2v) is 6.18. The number of hydrogen-bond acceptors (Lipinski definition) is 3. The molecule has 0 aromatic heterocycles. The first kappa shape index (κ1) is 13.5. The third kappa shape index (κ3) is 3.10. The molecule has 18 heavy (non-hydrogen) atoms. The quantitative estimate of drug-likeness (QED) is 0.819. The van der Waals surface area contributed by atoms with Crippen molar-refractivity contribution in [2.24, 2.45) is 0 Å². The number of anilines is 2. The Morgan fingerprint density at radius 2 is 1.94 bits per heavy atom. The fraction of sp³-hybridized carbons (Fsp3) is 0.571. The van der Waals surface area contributed by atoms with Gasteiger partial charge in [-0.1, -0.05) is 0 Å². The summed E-state index contributed by atoms with van der Waals surface area (Å²) in [6.07, 6.45) is 7.01. The Balaban J connectivity index is 2.00. The molecule has 2 rings (SSSR count). The number of halogens is 1. The summed E-state index contributed by atoms with van der Waals surface area (Å²) >= 11 is 1.96. The van der Waals surface area contributed by atoms with Gasteiger partial charge in [0.25, 0.3) is 0 Å². The minimum absolute atomic E-state index is 0.232. The van der Waals surface area contributed by atoms with Crippen molar-refractivity contribution >= 4 is 23.1 Å². The van der Waals surface area contributed by atoms with Gasteiger partial charge in [0, 0.05) is 11.3 Å². The van der Waals surface area contributed by atoms with Crippen LogP contribution in [0, 0.1) is 12.7 Å². The number of benzene rings is 1. The predicted octanol–water partition coefficient (Wildman–Crippen LogP) is 3.80. The Hall–Kier alpha value is -0.900. The van der Waals surface area contributed by atoms with Gasteiger partial charge in [0.15, 0.2) is 0 Å². The normalized spacial score (nSPS) is 23.9. The van der Waals surface area contributed by atoms with Crippen molar-refractivity contribution in [3.63, 3.8) is 0 Å². The van der Waals surface area contributed by atoms with Crippen molar-refractivity contribution in [3.8, 4) is 0 Å². The molecule has 100 valence electrons. The summed E-state index contributed by atoms with van der Waals surface area (Å²) in [6.45, 7) is 1.77. The van der Waals surface area contributed by atoms with Crippen LogP contribution in [-0.2, 0) is 0 Å². The van der Waals surface area contributed by atoms with E-state index in [1.165, 1.54) is 31.7 Å². The van der Waals surface area contributed by atoms with E-state index >= 15 is 0 Å². The maximum Gasteiger partial charge on any atom is 0.128 e. The summed E-state index contributed by atoms with van der Waals surface area (Å²) in [7, 11) is 0. The lowest BCUT2D eigenvalue weighted by Crippen LogP contribution is -2.27. The first-order valence-corrected chi connectivity index (χ1v) is 7.74. The Kier molecular flexibility index (Phi) is 4.38. The molecule has 4 heteroatoms. The summed E-state index contributed by atoms with van der Waals surface area (Å²) in [6, 6.07) is 3.69. The van der Waals surface area contributed by atoms with E-state index in [1.807, 2.05) is 17.8 Å². The average Bonchev–Trinajstić information content (AvgIpc) is 2.37. The molecule has 3 N–H and O–H groups in total. The summed E-state index contributed by atoms with van der Waals surface area (Å²) < 4.78 is 13.3. The van der Waals surface area contributed by atoms with Gasteiger partial charge in [-0.05, 0) is 56.6 Å². The lowest BCUT2D eigenvalue weighted by atomic mass is 9.94. The van der Waals surface area contributed by atoms with Crippen molar-refractivity contribution < 1.29 is 4.39 Å². The number of nitrogens with one attached hydrogen (secondary N) is 1. The van der Waals surface area contributed by atoms with Gasteiger partial charge in [-0.25, -0.2) is 4.39 Å². The summed E-state index contributed by atoms with van der Waals surface area (Å²) in [5.41, 5.74) is 7.88. The molecule has 1 aromatic carbocycles. The van der Waals surface area contributed by atoms with Crippen LogP contribution in [0.15, 0.2) is 12.1 Å². The first-order valence-electron chi connectivity index (χ1n) is 6.45. The van der Waals surface area contributed by atoms with Gasteiger partial charge in [-0.2, -0.15) is 11.8 Å². The van der Waals surface area contributed by atoms with Crippen LogP contribution >= 0.6 is 11.8 Å². The van der Waals surface area contributed by atoms with Crippen LogP contribution in [0.5, 0.6) is 0 Å². The first-order chi connectivity index (χ1) is 8.60. The van der Waals surface area contributed by atoms with Crippen LogP contribution in [-0.4, -0.2) is 17.5 Å². The molecule has 0 bridgehead atoms. The highest BCUT2D eigenvalue weighted by molar-refractivity contribution is 7.99. The highest BCUT2D eigenvalue weighted by Crippen LogP contribution is 2.30. The van der Waals surface area contributed by atoms with Gasteiger partial charge in [0.05, 0.1) is 11.4 Å². The van der Waals surface area contributed by atoms with Gasteiger partial charge in [0.2, 0.25) is 0 Å². The molecule has 1 fully saturated rings. The van der Waals surface area contributed by atoms with Crippen molar-refractivity contribution in [1.29, 1.82) is 0 Å². The summed E-state index contributed by atoms with van der Waals surface area (Å²) in [5, 5.41) is 4.26. The molecule has 0 atom stereocenters. The minimum atomic E-state index is -0.232. The summed E-state index contributed by atoms with van der Waals surface area (Å²) in [4.78, 5) is 0. The fourth-order valence-electron chi connectivity index (χ4n) is 2.48. The van der Waals surface area contributed by atoms with E-state index in [4.69, 9.17) is 5.73 Å². The summed E-state index contributed by atoms with van der Waals surface area (Å²) in [5.74, 6) is -0.232. The minimum Gasteiger partial charge on any atom is -0.397 e. The SMILES string of the molecule is CSC1CCC(Nc2cc(C)c(F)cc2N)CC1. The van der Waals surface area contributed by atoms with Crippen molar-refractivity contribution in [2.75, 3.05) is 17.3 Å². The molecular formula is C14H21FN2S. The van der Waals surface area contributed by atoms with E-state index in [0.717, 1.165) is 10.9 Å². The second kappa shape index (κ2) is 5.83. The molecule has 0 heterocycles. The maximum absolute atomic E-state index is 13.3. The zero-order valence-electron chi connectivity index (χ0n) is 11.0. The number of thioether (sulfide) groups is 1. The maximum atomic E-state index is 13.3. The van der Waals surface area contributed by atoms with Crippen molar-refractivity contribution in [2.45, 2.75) is 43.9 Å². The standard InChI is InChI=1S/C14H21FN2S/c1-9-7-14(13(16)8-12(9)15)17-10-3-5-11(18-2)6-4-10/h7-8,10-11,17H,3-6,16H2,1-2H3. The topological polar surface area (TPSA) is 38.0 Å². The zero-order valence-corrected chi connectivity index (χ0v) is 11.8. The lowest BCUT2D eigenvalue weighted by Gasteiger charge is -2.29. The van der Waals surface area contributed by atoms with Crippen molar-refractivity contribution in [3.05, 3.63) is 23.5 Å². The van der Waals surface area contributed by atoms with E-state index in [1.54, 1.807) is 6.92 Å². The Bertz CT molecular complexity index is 415. The van der Waals surface area contributed by atoms with Crippen LogP contribution in [0.3, 0.4) is 0 Å². The molecule has 1 aliphatic rings. The Morgan fingerprint density at radius 3 is 2.56 bits per heavy atom. The van der Waals surface area contributed by atoms with Crippen LogP contribution in [0.25, 0.3) is 0 Å². The molecule has 1 saturated carbocycles. The van der Waals surface area contributed by atoms with Gasteiger partial charge >= 0.3 is 0 Å². The zero-order chi connectivity index (χ0) is 13.1. The van der Waals surface area contributed by atoms with Crippen LogP contribution in [0.4, 0.5) is 15.8 Å². The average molecular weight is 268 g/mol. The van der Waals surface area contributed by atoms with Gasteiger partial charge in [-0.15, -0.1) is 0 Å². The Morgan fingerprint density at radius 1 is 1.28 bits per heavy atom. The molecule has 0 aliphatic heterocycles. The highest BCUT2D eigenvalue weighted by Gasteiger charge is 2.20. The molecule has 0 spiro atoms. The van der Waals surface area contributed by atoms with Gasteiger partial charge in [0.1, 0.15) is 5.82 Å².